The zero-order valence-electron chi connectivity index (χ0n) is 9.70. The third-order valence-corrected chi connectivity index (χ3v) is 3.10. The second kappa shape index (κ2) is 4.80. The highest BCUT2D eigenvalue weighted by Gasteiger charge is 2.33. The Morgan fingerprint density at radius 2 is 1.79 bits per heavy atom. The lowest BCUT2D eigenvalue weighted by atomic mass is 10.1. The first-order chi connectivity index (χ1) is 8.79. The van der Waals surface area contributed by atoms with Crippen molar-refractivity contribution in [1.29, 1.82) is 0 Å². The van der Waals surface area contributed by atoms with E-state index in [0.717, 1.165) is 15.1 Å². The van der Waals surface area contributed by atoms with Gasteiger partial charge in [0.15, 0.2) is 5.69 Å². The van der Waals surface area contributed by atoms with E-state index in [4.69, 9.17) is 0 Å². The van der Waals surface area contributed by atoms with E-state index in [-0.39, 0.29) is 5.69 Å². The van der Waals surface area contributed by atoms with E-state index in [1.54, 1.807) is 24.3 Å². The Labute approximate surface area is 114 Å². The first-order valence-electron chi connectivity index (χ1n) is 5.20. The van der Waals surface area contributed by atoms with Crippen LogP contribution in [0.2, 0.25) is 0 Å². The lowest BCUT2D eigenvalue weighted by Gasteiger charge is -2.11. The minimum Gasteiger partial charge on any atom is -0.295 e. The molecule has 1 aromatic carbocycles. The van der Waals surface area contributed by atoms with Crippen molar-refractivity contribution in [3.8, 4) is 11.3 Å². The van der Waals surface area contributed by atoms with Gasteiger partial charge >= 0.3 is 11.9 Å². The van der Waals surface area contributed by atoms with Crippen LogP contribution in [-0.4, -0.2) is 9.55 Å². The van der Waals surface area contributed by atoms with Gasteiger partial charge in [0.05, 0.1) is 5.69 Å². The Bertz CT molecular complexity index is 662. The van der Waals surface area contributed by atoms with Crippen molar-refractivity contribution in [3.05, 3.63) is 51.0 Å². The van der Waals surface area contributed by atoms with Crippen molar-refractivity contribution in [2.75, 3.05) is 0 Å². The fraction of sp³-hybridized carbons (Fsp3) is 0.167. The first kappa shape index (κ1) is 13.8. The number of nitrogens with zero attached hydrogens (tertiary/aromatic N) is 2. The number of rotatable bonds is 1. The maximum atomic E-state index is 12.6. The quantitative estimate of drug-likeness (QED) is 0.803. The second-order valence-corrected chi connectivity index (χ2v) is 4.79. The number of halogens is 4. The number of benzene rings is 1. The predicted octanol–water partition coefficient (Wildman–Crippen LogP) is 3.23. The van der Waals surface area contributed by atoms with Crippen molar-refractivity contribution in [2.45, 2.75) is 6.18 Å². The Morgan fingerprint density at radius 1 is 1.21 bits per heavy atom. The molecule has 2 aromatic rings. The average molecular weight is 333 g/mol. The van der Waals surface area contributed by atoms with E-state index in [1.165, 1.54) is 7.05 Å². The molecular formula is C12H8BrF3N2O. The van der Waals surface area contributed by atoms with Crippen molar-refractivity contribution >= 4 is 15.9 Å². The van der Waals surface area contributed by atoms with Crippen LogP contribution in [0.5, 0.6) is 0 Å². The van der Waals surface area contributed by atoms with Crippen molar-refractivity contribution < 1.29 is 13.2 Å². The molecule has 0 bridgehead atoms. The summed E-state index contributed by atoms with van der Waals surface area (Å²) in [6.07, 6.45) is -4.64. The molecule has 1 aromatic heterocycles. The van der Waals surface area contributed by atoms with Crippen LogP contribution in [-0.2, 0) is 13.2 Å². The monoisotopic (exact) mass is 332 g/mol. The van der Waals surface area contributed by atoms with Crippen LogP contribution in [0.3, 0.4) is 0 Å². The Balaban J connectivity index is 2.66. The Morgan fingerprint density at radius 3 is 2.32 bits per heavy atom. The Hall–Kier alpha value is -1.63. The molecule has 0 aliphatic rings. The van der Waals surface area contributed by atoms with E-state index in [2.05, 4.69) is 20.9 Å². The summed E-state index contributed by atoms with van der Waals surface area (Å²) < 4.78 is 39.8. The van der Waals surface area contributed by atoms with Crippen LogP contribution in [0.15, 0.2) is 39.6 Å². The summed E-state index contributed by atoms with van der Waals surface area (Å²) in [5, 5.41) is 0. The molecule has 2 rings (SSSR count). The van der Waals surface area contributed by atoms with Gasteiger partial charge in [-0.2, -0.15) is 18.2 Å². The second-order valence-electron chi connectivity index (χ2n) is 3.87. The van der Waals surface area contributed by atoms with Crippen LogP contribution >= 0.6 is 15.9 Å². The summed E-state index contributed by atoms with van der Waals surface area (Å²) in [7, 11) is 1.38. The van der Waals surface area contributed by atoms with Crippen LogP contribution in [0.1, 0.15) is 5.69 Å². The molecule has 0 saturated heterocycles. The van der Waals surface area contributed by atoms with Crippen LogP contribution in [0.25, 0.3) is 11.3 Å². The maximum Gasteiger partial charge on any atom is 0.433 e. The molecule has 0 saturated carbocycles. The molecule has 0 fully saturated rings. The largest absolute Gasteiger partial charge is 0.433 e. The number of alkyl halides is 3. The molecule has 0 radical (unpaired) electrons. The SMILES string of the molecule is Cn1c(-c2ccc(Br)cc2)cc(C(F)(F)F)nc1=O. The number of aromatic nitrogens is 2. The van der Waals surface area contributed by atoms with Gasteiger partial charge < -0.3 is 0 Å². The van der Waals surface area contributed by atoms with E-state index < -0.39 is 17.6 Å². The number of hydrogen-bond donors (Lipinski definition) is 0. The molecule has 0 aliphatic heterocycles. The van der Waals surface area contributed by atoms with Gasteiger partial charge in [-0.25, -0.2) is 4.79 Å². The van der Waals surface area contributed by atoms with Crippen molar-refractivity contribution in [1.82, 2.24) is 9.55 Å². The van der Waals surface area contributed by atoms with Crippen LogP contribution in [0.4, 0.5) is 13.2 Å². The number of hydrogen-bond acceptors (Lipinski definition) is 2. The van der Waals surface area contributed by atoms with Gasteiger partial charge in [-0.1, -0.05) is 28.1 Å². The lowest BCUT2D eigenvalue weighted by Crippen LogP contribution is -2.25. The third kappa shape index (κ3) is 2.86. The highest BCUT2D eigenvalue weighted by molar-refractivity contribution is 9.10. The smallest absolute Gasteiger partial charge is 0.295 e. The topological polar surface area (TPSA) is 34.9 Å². The lowest BCUT2D eigenvalue weighted by molar-refractivity contribution is -0.141. The van der Waals surface area contributed by atoms with E-state index in [1.807, 2.05) is 0 Å². The predicted molar refractivity (Wildman–Crippen MR) is 67.6 cm³/mol. The van der Waals surface area contributed by atoms with E-state index in [9.17, 15) is 18.0 Å². The van der Waals surface area contributed by atoms with Crippen LogP contribution in [0, 0.1) is 0 Å². The molecule has 0 amide bonds. The third-order valence-electron chi connectivity index (χ3n) is 2.57. The highest BCUT2D eigenvalue weighted by atomic mass is 79.9. The summed E-state index contributed by atoms with van der Waals surface area (Å²) in [5.74, 6) is 0. The fourth-order valence-corrected chi connectivity index (χ4v) is 1.85. The van der Waals surface area contributed by atoms with Gasteiger partial charge in [0, 0.05) is 11.5 Å². The molecule has 0 N–H and O–H groups in total. The van der Waals surface area contributed by atoms with Crippen molar-refractivity contribution in [2.24, 2.45) is 7.05 Å². The van der Waals surface area contributed by atoms with Gasteiger partial charge in [-0.3, -0.25) is 4.57 Å². The normalized spacial score (nSPS) is 11.6. The molecular weight excluding hydrogens is 325 g/mol. The average Bonchev–Trinajstić information content (AvgIpc) is 2.32. The van der Waals surface area contributed by atoms with Gasteiger partial charge in [0.25, 0.3) is 0 Å². The molecule has 1 heterocycles. The molecule has 0 aliphatic carbocycles. The van der Waals surface area contributed by atoms with Crippen molar-refractivity contribution in [3.63, 3.8) is 0 Å². The zero-order chi connectivity index (χ0) is 14.2. The minimum absolute atomic E-state index is 0.167. The molecule has 3 nitrogen and oxygen atoms in total. The summed E-state index contributed by atoms with van der Waals surface area (Å²) in [5.41, 5.74) is -1.45. The van der Waals surface area contributed by atoms with E-state index >= 15 is 0 Å². The summed E-state index contributed by atoms with van der Waals surface area (Å²) in [4.78, 5) is 14.5. The standard InChI is InChI=1S/C12H8BrF3N2O/c1-18-9(7-2-4-8(13)5-3-7)6-10(12(14,15)16)17-11(18)19/h2-6H,1H3. The summed E-state index contributed by atoms with van der Waals surface area (Å²) >= 11 is 3.24. The Kier molecular flexibility index (Phi) is 3.49. The molecule has 0 spiro atoms. The van der Waals surface area contributed by atoms with Gasteiger partial charge in [0.2, 0.25) is 0 Å². The minimum atomic E-state index is -4.64. The fourth-order valence-electron chi connectivity index (χ4n) is 1.58. The van der Waals surface area contributed by atoms with Gasteiger partial charge in [-0.15, -0.1) is 0 Å². The molecule has 19 heavy (non-hydrogen) atoms. The molecule has 100 valence electrons. The highest BCUT2D eigenvalue weighted by Crippen LogP contribution is 2.29. The first-order valence-corrected chi connectivity index (χ1v) is 5.99. The van der Waals surface area contributed by atoms with Gasteiger partial charge in [-0.05, 0) is 23.8 Å². The summed E-state index contributed by atoms with van der Waals surface area (Å²) in [6.45, 7) is 0. The maximum absolute atomic E-state index is 12.6. The van der Waals surface area contributed by atoms with E-state index in [0.29, 0.717) is 5.56 Å². The molecule has 0 unspecified atom stereocenters. The zero-order valence-corrected chi connectivity index (χ0v) is 11.3. The molecule has 0 atom stereocenters. The molecule has 7 heteroatoms. The van der Waals surface area contributed by atoms with Crippen LogP contribution < -0.4 is 5.69 Å². The summed E-state index contributed by atoms with van der Waals surface area (Å²) in [6, 6.07) is 7.49. The van der Waals surface area contributed by atoms with Gasteiger partial charge in [0.1, 0.15) is 0 Å².